The van der Waals surface area contributed by atoms with Gasteiger partial charge in [-0.15, -0.1) is 0 Å². The molecule has 1 N–H and O–H groups in total. The number of benzene rings is 3. The quantitative estimate of drug-likeness (QED) is 0.221. The molecule has 0 aliphatic heterocycles. The van der Waals surface area contributed by atoms with Gasteiger partial charge >= 0.3 is 0 Å². The number of ether oxygens (including phenoxy) is 2. The molecule has 0 saturated heterocycles. The molecule has 0 heterocycles. The summed E-state index contributed by atoms with van der Waals surface area (Å²) >= 11 is 2.12. The normalized spacial score (nSPS) is 11.6. The first-order valence-electron chi connectivity index (χ1n) is 10.4. The number of amides is 1. The Morgan fingerprint density at radius 2 is 1.82 bits per heavy atom. The van der Waals surface area contributed by atoms with Gasteiger partial charge in [-0.05, 0) is 64.9 Å². The van der Waals surface area contributed by atoms with Crippen LogP contribution in [0.5, 0.6) is 11.5 Å². The van der Waals surface area contributed by atoms with E-state index in [4.69, 9.17) is 9.47 Å². The molecule has 0 aromatic heterocycles. The summed E-state index contributed by atoms with van der Waals surface area (Å²) in [6.07, 6.45) is 1.52. The maximum Gasteiger partial charge on any atom is 0.262 e. The fraction of sp³-hybridized carbons (Fsp3) is 0.148. The predicted octanol–water partition coefficient (Wildman–Crippen LogP) is 5.53. The maximum atomic E-state index is 12.7. The first-order chi connectivity index (χ1) is 16.5. The molecule has 3 rings (SSSR count). The first-order valence-corrected chi connectivity index (χ1v) is 11.5. The monoisotopic (exact) mass is 563 g/mol. The summed E-state index contributed by atoms with van der Waals surface area (Å²) in [5.74, 6) is 0.526. The minimum absolute atomic E-state index is 0.0164. The molecular weight excluding hydrogens is 541 g/mol. The van der Waals surface area contributed by atoms with E-state index in [1.807, 2.05) is 55.5 Å². The Kier molecular flexibility index (Phi) is 8.66. The molecule has 3 aromatic rings. The zero-order chi connectivity index (χ0) is 24.5. The molecule has 0 aliphatic rings. The molecule has 0 bridgehead atoms. The van der Waals surface area contributed by atoms with Crippen LogP contribution >= 0.6 is 22.6 Å². The van der Waals surface area contributed by atoms with Gasteiger partial charge < -0.3 is 14.8 Å². The minimum Gasteiger partial charge on any atom is -0.493 e. The number of methoxy groups -OCH3 is 1. The standard InChI is InChI=1S/C27H22IN3O3/c1-18(20-8-4-3-5-9-20)31-27(32)23(16-30)12-19-13-24(28)26(25(14-19)33-2)34-17-22-11-7-6-10-21(22)15-29/h3-14,18H,17H2,1-2H3,(H,31,32)/b23-12-/t18-/m1/s1. The van der Waals surface area contributed by atoms with Crippen molar-refractivity contribution >= 4 is 34.6 Å². The third-order valence-corrected chi connectivity index (χ3v) is 5.89. The Hall–Kier alpha value is -3.82. The Morgan fingerprint density at radius 1 is 1.12 bits per heavy atom. The van der Waals surface area contributed by atoms with E-state index in [1.165, 1.54) is 13.2 Å². The van der Waals surface area contributed by atoms with Crippen molar-refractivity contribution in [3.63, 3.8) is 0 Å². The van der Waals surface area contributed by atoms with Crippen LogP contribution < -0.4 is 14.8 Å². The molecule has 1 amide bonds. The largest absolute Gasteiger partial charge is 0.493 e. The van der Waals surface area contributed by atoms with Gasteiger partial charge in [0.15, 0.2) is 11.5 Å². The summed E-state index contributed by atoms with van der Waals surface area (Å²) in [5.41, 5.74) is 2.87. The third-order valence-electron chi connectivity index (χ3n) is 5.08. The molecule has 0 aliphatic carbocycles. The maximum absolute atomic E-state index is 12.7. The Morgan fingerprint density at radius 3 is 2.50 bits per heavy atom. The zero-order valence-corrected chi connectivity index (χ0v) is 20.9. The number of nitrogens with zero attached hydrogens (tertiary/aromatic N) is 2. The molecule has 1 atom stereocenters. The number of nitrogens with one attached hydrogen (secondary N) is 1. The number of halogens is 1. The van der Waals surface area contributed by atoms with Gasteiger partial charge in [0.25, 0.3) is 5.91 Å². The van der Waals surface area contributed by atoms with Crippen LogP contribution in [0.4, 0.5) is 0 Å². The molecule has 0 saturated carbocycles. The number of hydrogen-bond donors (Lipinski definition) is 1. The van der Waals surface area contributed by atoms with E-state index < -0.39 is 5.91 Å². The van der Waals surface area contributed by atoms with Crippen molar-refractivity contribution in [1.29, 1.82) is 10.5 Å². The van der Waals surface area contributed by atoms with Crippen molar-refractivity contribution in [2.45, 2.75) is 19.6 Å². The molecule has 7 heteroatoms. The smallest absolute Gasteiger partial charge is 0.262 e. The zero-order valence-electron chi connectivity index (χ0n) is 18.7. The fourth-order valence-corrected chi connectivity index (χ4v) is 4.06. The van der Waals surface area contributed by atoms with Crippen LogP contribution in [0.3, 0.4) is 0 Å². The van der Waals surface area contributed by atoms with Crippen molar-refractivity contribution in [2.24, 2.45) is 0 Å². The highest BCUT2D eigenvalue weighted by atomic mass is 127. The lowest BCUT2D eigenvalue weighted by molar-refractivity contribution is -0.117. The van der Waals surface area contributed by atoms with E-state index in [9.17, 15) is 15.3 Å². The Bertz CT molecular complexity index is 1290. The van der Waals surface area contributed by atoms with Crippen molar-refractivity contribution in [2.75, 3.05) is 7.11 Å². The van der Waals surface area contributed by atoms with Gasteiger partial charge in [0.2, 0.25) is 0 Å². The molecule has 3 aromatic carbocycles. The summed E-state index contributed by atoms with van der Waals surface area (Å²) in [6.45, 7) is 2.07. The van der Waals surface area contributed by atoms with Crippen LogP contribution in [-0.2, 0) is 11.4 Å². The Balaban J connectivity index is 1.81. The topological polar surface area (TPSA) is 95.1 Å². The average molecular weight is 563 g/mol. The van der Waals surface area contributed by atoms with Crippen LogP contribution in [0, 0.1) is 26.2 Å². The highest BCUT2D eigenvalue weighted by Gasteiger charge is 2.16. The third kappa shape index (κ3) is 6.15. The van der Waals surface area contributed by atoms with E-state index in [1.54, 1.807) is 24.3 Å². The van der Waals surface area contributed by atoms with Crippen molar-refractivity contribution in [3.05, 3.63) is 98.1 Å². The number of nitriles is 2. The predicted molar refractivity (Wildman–Crippen MR) is 138 cm³/mol. The number of hydrogen-bond acceptors (Lipinski definition) is 5. The lowest BCUT2D eigenvalue weighted by Gasteiger charge is -2.15. The molecule has 34 heavy (non-hydrogen) atoms. The first kappa shape index (κ1) is 24.8. The van der Waals surface area contributed by atoms with E-state index in [-0.39, 0.29) is 18.2 Å². The van der Waals surface area contributed by atoms with Gasteiger partial charge in [-0.2, -0.15) is 10.5 Å². The Labute approximate surface area is 212 Å². The van der Waals surface area contributed by atoms with Gasteiger partial charge in [-0.3, -0.25) is 4.79 Å². The number of carbonyl (C=O) groups excluding carboxylic acids is 1. The second-order valence-corrected chi connectivity index (χ2v) is 8.53. The van der Waals surface area contributed by atoms with E-state index in [2.05, 4.69) is 34.0 Å². The molecule has 0 fully saturated rings. The van der Waals surface area contributed by atoms with Crippen LogP contribution in [-0.4, -0.2) is 13.0 Å². The number of rotatable bonds is 8. The molecular formula is C27H22IN3O3. The van der Waals surface area contributed by atoms with Gasteiger partial charge in [0.1, 0.15) is 18.2 Å². The summed E-state index contributed by atoms with van der Waals surface area (Å²) in [6, 6.07) is 24.2. The lowest BCUT2D eigenvalue weighted by atomic mass is 10.1. The summed E-state index contributed by atoms with van der Waals surface area (Å²) in [5, 5.41) is 21.7. The summed E-state index contributed by atoms with van der Waals surface area (Å²) in [7, 11) is 1.52. The van der Waals surface area contributed by atoms with Gasteiger partial charge in [-0.1, -0.05) is 48.5 Å². The van der Waals surface area contributed by atoms with Crippen molar-refractivity contribution in [1.82, 2.24) is 5.32 Å². The minimum atomic E-state index is -0.457. The van der Waals surface area contributed by atoms with E-state index in [0.717, 1.165) is 14.7 Å². The SMILES string of the molecule is COc1cc(/C=C(/C#N)C(=O)N[C@H](C)c2ccccc2)cc(I)c1OCc1ccccc1C#N. The molecule has 6 nitrogen and oxygen atoms in total. The van der Waals surface area contributed by atoms with Crippen LogP contribution in [0.15, 0.2) is 72.3 Å². The highest BCUT2D eigenvalue weighted by Crippen LogP contribution is 2.35. The molecule has 0 unspecified atom stereocenters. The molecule has 0 spiro atoms. The average Bonchev–Trinajstić information content (AvgIpc) is 2.86. The van der Waals surface area contributed by atoms with E-state index >= 15 is 0 Å². The summed E-state index contributed by atoms with van der Waals surface area (Å²) < 4.78 is 12.2. The summed E-state index contributed by atoms with van der Waals surface area (Å²) in [4.78, 5) is 12.7. The van der Waals surface area contributed by atoms with Crippen LogP contribution in [0.25, 0.3) is 6.08 Å². The highest BCUT2D eigenvalue weighted by molar-refractivity contribution is 14.1. The fourth-order valence-electron chi connectivity index (χ4n) is 3.28. The lowest BCUT2D eigenvalue weighted by Crippen LogP contribution is -2.27. The number of carbonyl (C=O) groups is 1. The molecule has 0 radical (unpaired) electrons. The second kappa shape index (κ2) is 11.9. The van der Waals surface area contributed by atoms with Gasteiger partial charge in [-0.25, -0.2) is 0 Å². The van der Waals surface area contributed by atoms with E-state index in [0.29, 0.717) is 22.6 Å². The van der Waals surface area contributed by atoms with Crippen molar-refractivity contribution in [3.8, 4) is 23.6 Å². The van der Waals surface area contributed by atoms with Crippen LogP contribution in [0.1, 0.15) is 35.2 Å². The van der Waals surface area contributed by atoms with Gasteiger partial charge in [0.05, 0.1) is 28.4 Å². The second-order valence-electron chi connectivity index (χ2n) is 7.37. The van der Waals surface area contributed by atoms with Gasteiger partial charge in [0, 0.05) is 5.56 Å². The van der Waals surface area contributed by atoms with Crippen molar-refractivity contribution < 1.29 is 14.3 Å². The van der Waals surface area contributed by atoms with Crippen LogP contribution in [0.2, 0.25) is 0 Å². The molecule has 170 valence electrons.